The van der Waals surface area contributed by atoms with E-state index in [1.165, 1.54) is 25.7 Å². The van der Waals surface area contributed by atoms with Gasteiger partial charge in [-0.2, -0.15) is 0 Å². The van der Waals surface area contributed by atoms with Crippen LogP contribution in [0.25, 0.3) is 0 Å². The summed E-state index contributed by atoms with van der Waals surface area (Å²) >= 11 is 0. The van der Waals surface area contributed by atoms with Crippen LogP contribution in [0.4, 0.5) is 0 Å². The number of carbonyl (C=O) groups is 1. The topological polar surface area (TPSA) is 76.8 Å². The third-order valence-electron chi connectivity index (χ3n) is 5.58. The molecule has 7 nitrogen and oxygen atoms in total. The fourth-order valence-corrected chi connectivity index (χ4v) is 4.14. The van der Waals surface area contributed by atoms with Crippen LogP contribution in [0, 0.1) is 12.8 Å². The second-order valence-electron chi connectivity index (χ2n) is 7.65. The Kier molecular flexibility index (Phi) is 4.95. The Balaban J connectivity index is 1.37. The van der Waals surface area contributed by atoms with Crippen LogP contribution >= 0.6 is 0 Å². The molecule has 0 spiro atoms. The molecule has 0 bridgehead atoms. The Morgan fingerprint density at radius 3 is 2.77 bits per heavy atom. The van der Waals surface area contributed by atoms with Crippen LogP contribution < -0.4 is 0 Å². The van der Waals surface area contributed by atoms with Crippen LogP contribution in [0.5, 0.6) is 0 Å². The highest BCUT2D eigenvalue weighted by molar-refractivity contribution is 5.92. The van der Waals surface area contributed by atoms with Gasteiger partial charge in [0, 0.05) is 37.9 Å². The summed E-state index contributed by atoms with van der Waals surface area (Å²) in [7, 11) is 0. The Labute approximate surface area is 153 Å². The van der Waals surface area contributed by atoms with Crippen LogP contribution in [-0.2, 0) is 6.54 Å². The van der Waals surface area contributed by atoms with Crippen molar-refractivity contribution in [2.24, 2.45) is 5.92 Å². The number of amides is 1. The van der Waals surface area contributed by atoms with E-state index in [1.54, 1.807) is 12.4 Å². The molecule has 1 atom stereocenters. The maximum Gasteiger partial charge on any atom is 0.274 e. The molecular formula is C19H26N6O. The molecule has 1 saturated carbocycles. The van der Waals surface area contributed by atoms with Crippen molar-refractivity contribution in [3.05, 3.63) is 35.7 Å². The predicted octanol–water partition coefficient (Wildman–Crippen LogP) is 2.59. The lowest BCUT2D eigenvalue weighted by molar-refractivity contribution is 0.0653. The van der Waals surface area contributed by atoms with Crippen molar-refractivity contribution in [2.45, 2.75) is 57.9 Å². The van der Waals surface area contributed by atoms with Crippen molar-refractivity contribution < 1.29 is 4.79 Å². The Morgan fingerprint density at radius 1 is 1.15 bits per heavy atom. The standard InChI is InChI=1S/C19H26N6O/c1-14-9-21-17(10-20-14)19(26)24-8-4-5-15(11-24)12-25-13-18(22-23-25)16-6-2-3-7-16/h9-10,13,15-16H,2-8,11-12H2,1H3/t15-/m1/s1. The van der Waals surface area contributed by atoms with E-state index in [-0.39, 0.29) is 5.91 Å². The SMILES string of the molecule is Cc1cnc(C(=O)N2CCC[C@@H](Cn3cc(C4CCCC4)nn3)C2)cn1. The van der Waals surface area contributed by atoms with E-state index >= 15 is 0 Å². The molecule has 2 aromatic heterocycles. The lowest BCUT2D eigenvalue weighted by Gasteiger charge is -2.32. The van der Waals surface area contributed by atoms with Crippen molar-refractivity contribution in [1.29, 1.82) is 0 Å². The molecule has 2 aliphatic rings. The fraction of sp³-hybridized carbons (Fsp3) is 0.632. The minimum atomic E-state index is -0.0209. The summed E-state index contributed by atoms with van der Waals surface area (Å²) in [5.74, 6) is 0.977. The smallest absolute Gasteiger partial charge is 0.274 e. The van der Waals surface area contributed by atoms with E-state index < -0.39 is 0 Å². The van der Waals surface area contributed by atoms with Crippen molar-refractivity contribution in [3.8, 4) is 0 Å². The van der Waals surface area contributed by atoms with Gasteiger partial charge in [-0.1, -0.05) is 18.1 Å². The van der Waals surface area contributed by atoms with Gasteiger partial charge in [0.15, 0.2) is 0 Å². The lowest BCUT2D eigenvalue weighted by Crippen LogP contribution is -2.41. The minimum Gasteiger partial charge on any atom is -0.337 e. The highest BCUT2D eigenvalue weighted by Crippen LogP contribution is 2.32. The molecule has 4 rings (SSSR count). The minimum absolute atomic E-state index is 0.0209. The number of rotatable bonds is 4. The average molecular weight is 354 g/mol. The summed E-state index contributed by atoms with van der Waals surface area (Å²) in [6.07, 6.45) is 12.5. The van der Waals surface area contributed by atoms with Gasteiger partial charge in [-0.25, -0.2) is 4.98 Å². The van der Waals surface area contributed by atoms with Gasteiger partial charge < -0.3 is 4.90 Å². The molecule has 0 radical (unpaired) electrons. The first-order chi connectivity index (χ1) is 12.7. The molecule has 26 heavy (non-hydrogen) atoms. The summed E-state index contributed by atoms with van der Waals surface area (Å²) in [5, 5.41) is 8.72. The highest BCUT2D eigenvalue weighted by atomic mass is 16.2. The molecule has 1 amide bonds. The van der Waals surface area contributed by atoms with E-state index in [1.807, 2.05) is 16.5 Å². The second-order valence-corrected chi connectivity index (χ2v) is 7.65. The van der Waals surface area contributed by atoms with Gasteiger partial charge in [-0.05, 0) is 38.5 Å². The van der Waals surface area contributed by atoms with E-state index in [9.17, 15) is 4.79 Å². The second kappa shape index (κ2) is 7.51. The monoisotopic (exact) mass is 354 g/mol. The number of hydrogen-bond acceptors (Lipinski definition) is 5. The van der Waals surface area contributed by atoms with Gasteiger partial charge in [0.1, 0.15) is 5.69 Å². The quantitative estimate of drug-likeness (QED) is 0.843. The van der Waals surface area contributed by atoms with Crippen LogP contribution in [0.3, 0.4) is 0 Å². The van der Waals surface area contributed by atoms with Gasteiger partial charge in [-0.15, -0.1) is 5.10 Å². The van der Waals surface area contributed by atoms with Gasteiger partial charge in [0.25, 0.3) is 5.91 Å². The Bertz CT molecular complexity index is 750. The molecule has 138 valence electrons. The van der Waals surface area contributed by atoms with E-state index in [4.69, 9.17) is 0 Å². The van der Waals surface area contributed by atoms with E-state index in [0.717, 1.165) is 43.9 Å². The maximum atomic E-state index is 12.7. The molecule has 7 heteroatoms. The molecule has 0 aromatic carbocycles. The summed E-state index contributed by atoms with van der Waals surface area (Å²) in [5.41, 5.74) is 2.39. The van der Waals surface area contributed by atoms with Crippen LogP contribution in [0.1, 0.15) is 66.3 Å². The van der Waals surface area contributed by atoms with Crippen molar-refractivity contribution in [3.63, 3.8) is 0 Å². The number of hydrogen-bond donors (Lipinski definition) is 0. The number of aryl methyl sites for hydroxylation is 1. The van der Waals surface area contributed by atoms with Crippen molar-refractivity contribution >= 4 is 5.91 Å². The van der Waals surface area contributed by atoms with Gasteiger partial charge >= 0.3 is 0 Å². The van der Waals surface area contributed by atoms with E-state index in [2.05, 4.69) is 26.5 Å². The number of piperidine rings is 1. The normalized spacial score (nSPS) is 21.3. The first-order valence-corrected chi connectivity index (χ1v) is 9.67. The molecule has 1 aliphatic heterocycles. The van der Waals surface area contributed by atoms with Gasteiger partial charge in [0.2, 0.25) is 0 Å². The molecule has 2 aromatic rings. The summed E-state index contributed by atoms with van der Waals surface area (Å²) in [4.78, 5) is 23.0. The molecule has 1 saturated heterocycles. The highest BCUT2D eigenvalue weighted by Gasteiger charge is 2.26. The molecule has 2 fully saturated rings. The fourth-order valence-electron chi connectivity index (χ4n) is 4.14. The summed E-state index contributed by atoms with van der Waals surface area (Å²) in [6, 6.07) is 0. The zero-order valence-corrected chi connectivity index (χ0v) is 15.3. The summed E-state index contributed by atoms with van der Waals surface area (Å²) < 4.78 is 1.97. The van der Waals surface area contributed by atoms with Crippen molar-refractivity contribution in [1.82, 2.24) is 29.9 Å². The molecule has 0 unspecified atom stereocenters. The number of nitrogens with zero attached hydrogens (tertiary/aromatic N) is 6. The van der Waals surface area contributed by atoms with Crippen molar-refractivity contribution in [2.75, 3.05) is 13.1 Å². The largest absolute Gasteiger partial charge is 0.337 e. The zero-order valence-electron chi connectivity index (χ0n) is 15.3. The number of likely N-dealkylation sites (tertiary alicyclic amines) is 1. The number of aromatic nitrogens is 5. The third-order valence-corrected chi connectivity index (χ3v) is 5.58. The molecule has 0 N–H and O–H groups in total. The zero-order chi connectivity index (χ0) is 17.9. The van der Waals surface area contributed by atoms with Crippen LogP contribution in [-0.4, -0.2) is 48.9 Å². The van der Waals surface area contributed by atoms with Crippen LogP contribution in [0.15, 0.2) is 18.6 Å². The Morgan fingerprint density at radius 2 is 2.00 bits per heavy atom. The predicted molar refractivity (Wildman–Crippen MR) is 96.6 cm³/mol. The number of carbonyl (C=O) groups excluding carboxylic acids is 1. The lowest BCUT2D eigenvalue weighted by atomic mass is 9.97. The molecule has 1 aliphatic carbocycles. The first-order valence-electron chi connectivity index (χ1n) is 9.67. The Hall–Kier alpha value is -2.31. The van der Waals surface area contributed by atoms with Crippen LogP contribution in [0.2, 0.25) is 0 Å². The summed E-state index contributed by atoms with van der Waals surface area (Å²) in [6.45, 7) is 4.22. The third kappa shape index (κ3) is 3.76. The maximum absolute atomic E-state index is 12.7. The molecule has 3 heterocycles. The van der Waals surface area contributed by atoms with E-state index in [0.29, 0.717) is 17.5 Å². The average Bonchev–Trinajstić information content (AvgIpc) is 3.34. The first kappa shape index (κ1) is 17.1. The van der Waals surface area contributed by atoms with Gasteiger partial charge in [0.05, 0.1) is 17.6 Å². The van der Waals surface area contributed by atoms with Gasteiger partial charge in [-0.3, -0.25) is 14.5 Å². The molecular weight excluding hydrogens is 328 g/mol.